The Bertz CT molecular complexity index is 1520. The molecular weight excluding hydrogens is 889 g/mol. The second-order valence-electron chi connectivity index (χ2n) is 19.1. The first kappa shape index (κ1) is 67.8. The maximum atomic E-state index is 12.9. The summed E-state index contributed by atoms with van der Waals surface area (Å²) >= 11 is 0. The van der Waals surface area contributed by atoms with Crippen LogP contribution in [-0.4, -0.2) is 37.2 Å². The van der Waals surface area contributed by atoms with Gasteiger partial charge in [-0.1, -0.05) is 258 Å². The Morgan fingerprint density at radius 1 is 0.292 bits per heavy atom. The van der Waals surface area contributed by atoms with Crippen molar-refractivity contribution in [2.24, 2.45) is 0 Å². The zero-order chi connectivity index (χ0) is 52.2. The summed E-state index contributed by atoms with van der Waals surface area (Å²) in [5.74, 6) is -0.971. The van der Waals surface area contributed by atoms with Crippen LogP contribution in [0.5, 0.6) is 0 Å². The van der Waals surface area contributed by atoms with Crippen LogP contribution in [0.15, 0.2) is 122 Å². The van der Waals surface area contributed by atoms with Gasteiger partial charge in [0, 0.05) is 19.3 Å². The number of hydrogen-bond donors (Lipinski definition) is 0. The van der Waals surface area contributed by atoms with Crippen molar-refractivity contribution in [3.63, 3.8) is 0 Å². The SMILES string of the molecule is CC/C=C\C/C=C\C/C=C\C/C=C\C/C=C\C/C=C\C/C=C\CCCC(=O)OCC(COC(=O)CCCCCCCCCCCCCCCC)OC(=O)CCCCCCCCC/C=C\C/C=C\C/C=C\CC. The van der Waals surface area contributed by atoms with Crippen LogP contribution in [0.1, 0.15) is 258 Å². The van der Waals surface area contributed by atoms with Gasteiger partial charge in [0.05, 0.1) is 0 Å². The van der Waals surface area contributed by atoms with Gasteiger partial charge in [-0.2, -0.15) is 0 Å². The summed E-state index contributed by atoms with van der Waals surface area (Å²) in [7, 11) is 0. The summed E-state index contributed by atoms with van der Waals surface area (Å²) in [4.78, 5) is 38.2. The monoisotopic (exact) mass is 997 g/mol. The fourth-order valence-electron chi connectivity index (χ4n) is 7.86. The highest BCUT2D eigenvalue weighted by molar-refractivity contribution is 5.71. The zero-order valence-corrected chi connectivity index (χ0v) is 46.7. The van der Waals surface area contributed by atoms with E-state index in [0.717, 1.165) is 116 Å². The van der Waals surface area contributed by atoms with Crippen molar-refractivity contribution in [1.82, 2.24) is 0 Å². The van der Waals surface area contributed by atoms with E-state index in [1.54, 1.807) is 0 Å². The molecule has 408 valence electrons. The van der Waals surface area contributed by atoms with Crippen molar-refractivity contribution in [1.29, 1.82) is 0 Å². The molecule has 6 nitrogen and oxygen atoms in total. The second-order valence-corrected chi connectivity index (χ2v) is 19.1. The highest BCUT2D eigenvalue weighted by Crippen LogP contribution is 2.15. The molecule has 72 heavy (non-hydrogen) atoms. The molecule has 0 aliphatic rings. The lowest BCUT2D eigenvalue weighted by molar-refractivity contribution is -0.167. The Balaban J connectivity index is 4.49. The van der Waals surface area contributed by atoms with Gasteiger partial charge in [0.25, 0.3) is 0 Å². The predicted molar refractivity (Wildman–Crippen MR) is 311 cm³/mol. The Labute approximate surface area is 443 Å². The largest absolute Gasteiger partial charge is 0.462 e. The average Bonchev–Trinajstić information content (AvgIpc) is 3.38. The van der Waals surface area contributed by atoms with Crippen LogP contribution >= 0.6 is 0 Å². The molecule has 0 N–H and O–H groups in total. The van der Waals surface area contributed by atoms with Crippen molar-refractivity contribution < 1.29 is 28.6 Å². The summed E-state index contributed by atoms with van der Waals surface area (Å²) in [6.07, 6.45) is 81.9. The molecule has 0 aromatic carbocycles. The molecule has 6 heteroatoms. The van der Waals surface area contributed by atoms with Gasteiger partial charge in [-0.15, -0.1) is 0 Å². The molecule has 1 atom stereocenters. The fourth-order valence-corrected chi connectivity index (χ4v) is 7.86. The molecule has 0 rings (SSSR count). The maximum Gasteiger partial charge on any atom is 0.306 e. The summed E-state index contributed by atoms with van der Waals surface area (Å²) in [5, 5.41) is 0. The summed E-state index contributed by atoms with van der Waals surface area (Å²) in [6.45, 7) is 6.37. The van der Waals surface area contributed by atoms with Crippen LogP contribution in [0.25, 0.3) is 0 Å². The minimum Gasteiger partial charge on any atom is -0.462 e. The molecule has 0 aliphatic carbocycles. The molecular formula is C66H108O6. The molecule has 0 aliphatic heterocycles. The lowest BCUT2D eigenvalue weighted by atomic mass is 10.0. The molecule has 1 unspecified atom stereocenters. The van der Waals surface area contributed by atoms with Crippen LogP contribution in [-0.2, 0) is 28.6 Å². The topological polar surface area (TPSA) is 78.9 Å². The molecule has 0 bridgehead atoms. The third-order valence-electron chi connectivity index (χ3n) is 12.2. The number of unbranched alkanes of at least 4 members (excludes halogenated alkanes) is 21. The van der Waals surface area contributed by atoms with E-state index in [4.69, 9.17) is 14.2 Å². The van der Waals surface area contributed by atoms with Crippen molar-refractivity contribution in [2.45, 2.75) is 264 Å². The fraction of sp³-hybridized carbons (Fsp3) is 0.652. The first-order chi connectivity index (χ1) is 35.5. The van der Waals surface area contributed by atoms with E-state index in [1.807, 2.05) is 0 Å². The number of ether oxygens (including phenoxy) is 3. The standard InChI is InChI=1S/C66H108O6/c1-4-7-10-13-16-19-22-25-28-30-31-32-33-34-35-37-38-41-44-47-50-53-56-59-65(68)71-62-63(61-70-64(67)58-55-52-49-46-43-40-27-24-21-18-15-12-9-6-3)72-66(69)60-57-54-51-48-45-42-39-36-29-26-23-20-17-14-11-8-5-2/h7-8,10-11,16-17,19-20,25-26,28-29,31-32,34-35,38,41,47,50,63H,4-6,9,12-15,18,21-24,27,30,33,36-37,39-40,42-46,48-49,51-62H2,1-3H3/b10-7-,11-8-,19-16-,20-17-,28-25-,29-26-,32-31-,35-34-,41-38-,50-47-. The number of esters is 3. The Hall–Kier alpha value is -4.19. The highest BCUT2D eigenvalue weighted by atomic mass is 16.6. The second kappa shape index (κ2) is 59.4. The number of carbonyl (C=O) groups is 3. The van der Waals surface area contributed by atoms with Gasteiger partial charge in [0.15, 0.2) is 6.10 Å². The normalized spacial score (nSPS) is 13.0. The average molecular weight is 998 g/mol. The minimum atomic E-state index is -0.809. The Morgan fingerprint density at radius 2 is 0.556 bits per heavy atom. The van der Waals surface area contributed by atoms with E-state index in [0.29, 0.717) is 19.3 Å². The third kappa shape index (κ3) is 56.7. The van der Waals surface area contributed by atoms with Crippen molar-refractivity contribution >= 4 is 17.9 Å². The maximum absolute atomic E-state index is 12.9. The quantitative estimate of drug-likeness (QED) is 0.0261. The van der Waals surface area contributed by atoms with Gasteiger partial charge >= 0.3 is 17.9 Å². The Kier molecular flexibility index (Phi) is 55.9. The summed E-state index contributed by atoms with van der Waals surface area (Å²) < 4.78 is 16.8. The lowest BCUT2D eigenvalue weighted by Crippen LogP contribution is -2.30. The molecule has 0 saturated carbocycles. The molecule has 0 aromatic heterocycles. The molecule has 0 spiro atoms. The van der Waals surface area contributed by atoms with Crippen LogP contribution in [0.2, 0.25) is 0 Å². The lowest BCUT2D eigenvalue weighted by Gasteiger charge is -2.18. The molecule has 0 heterocycles. The predicted octanol–water partition coefficient (Wildman–Crippen LogP) is 20.0. The molecule has 0 aromatic rings. The number of rotatable bonds is 52. The van der Waals surface area contributed by atoms with E-state index >= 15 is 0 Å². The van der Waals surface area contributed by atoms with E-state index in [2.05, 4.69) is 142 Å². The van der Waals surface area contributed by atoms with Crippen LogP contribution in [0, 0.1) is 0 Å². The number of hydrogen-bond acceptors (Lipinski definition) is 6. The van der Waals surface area contributed by atoms with Crippen LogP contribution in [0.4, 0.5) is 0 Å². The first-order valence-corrected chi connectivity index (χ1v) is 29.5. The number of allylic oxidation sites excluding steroid dienone is 20. The van der Waals surface area contributed by atoms with E-state index in [-0.39, 0.29) is 37.5 Å². The smallest absolute Gasteiger partial charge is 0.306 e. The van der Waals surface area contributed by atoms with Gasteiger partial charge in [0.2, 0.25) is 0 Å². The van der Waals surface area contributed by atoms with Gasteiger partial charge in [-0.25, -0.2) is 0 Å². The molecule has 0 fully saturated rings. The van der Waals surface area contributed by atoms with Crippen molar-refractivity contribution in [3.8, 4) is 0 Å². The van der Waals surface area contributed by atoms with Crippen LogP contribution < -0.4 is 0 Å². The van der Waals surface area contributed by atoms with Gasteiger partial charge in [-0.05, 0) is 103 Å². The van der Waals surface area contributed by atoms with Gasteiger partial charge in [0.1, 0.15) is 13.2 Å². The van der Waals surface area contributed by atoms with E-state index in [1.165, 1.54) is 96.3 Å². The van der Waals surface area contributed by atoms with E-state index in [9.17, 15) is 14.4 Å². The summed E-state index contributed by atoms with van der Waals surface area (Å²) in [6, 6.07) is 0. The highest BCUT2D eigenvalue weighted by Gasteiger charge is 2.19. The van der Waals surface area contributed by atoms with Crippen LogP contribution in [0.3, 0.4) is 0 Å². The van der Waals surface area contributed by atoms with Gasteiger partial charge < -0.3 is 14.2 Å². The van der Waals surface area contributed by atoms with Crippen molar-refractivity contribution in [3.05, 3.63) is 122 Å². The molecule has 0 saturated heterocycles. The third-order valence-corrected chi connectivity index (χ3v) is 12.2. The zero-order valence-electron chi connectivity index (χ0n) is 46.7. The molecule has 0 amide bonds. The summed E-state index contributed by atoms with van der Waals surface area (Å²) in [5.41, 5.74) is 0. The Morgan fingerprint density at radius 3 is 0.903 bits per heavy atom. The van der Waals surface area contributed by atoms with E-state index < -0.39 is 6.10 Å². The number of carbonyl (C=O) groups excluding carboxylic acids is 3. The van der Waals surface area contributed by atoms with Gasteiger partial charge in [-0.3, -0.25) is 14.4 Å². The molecule has 0 radical (unpaired) electrons. The first-order valence-electron chi connectivity index (χ1n) is 29.5. The van der Waals surface area contributed by atoms with Crippen molar-refractivity contribution in [2.75, 3.05) is 13.2 Å². The minimum absolute atomic E-state index is 0.101.